The number of unbranched alkanes of at least 4 members (excludes halogenated alkanes) is 5. The molecule has 0 aliphatic rings. The first kappa shape index (κ1) is 25.1. The molecule has 0 aliphatic heterocycles. The van der Waals surface area contributed by atoms with Crippen molar-refractivity contribution in [1.29, 1.82) is 0 Å². The SMILES string of the molecule is CC.CC.CCCCCCC(=O)NCCCCCC(C)=O. The summed E-state index contributed by atoms with van der Waals surface area (Å²) in [5.41, 5.74) is 0. The first-order chi connectivity index (χ1) is 10.2. The lowest BCUT2D eigenvalue weighted by Gasteiger charge is -2.04. The van der Waals surface area contributed by atoms with E-state index < -0.39 is 0 Å². The Bertz CT molecular complexity index is 215. The minimum atomic E-state index is 0.174. The molecule has 0 spiro atoms. The lowest BCUT2D eigenvalue weighted by atomic mass is 10.1. The molecule has 1 N–H and O–H groups in total. The summed E-state index contributed by atoms with van der Waals surface area (Å²) < 4.78 is 0. The molecule has 0 aromatic carbocycles. The summed E-state index contributed by atoms with van der Waals surface area (Å²) in [4.78, 5) is 22.1. The van der Waals surface area contributed by atoms with Crippen molar-refractivity contribution in [3.05, 3.63) is 0 Å². The maximum Gasteiger partial charge on any atom is 0.219 e. The number of amides is 1. The monoisotopic (exact) mass is 301 g/mol. The summed E-state index contributed by atoms with van der Waals surface area (Å²) in [5, 5.41) is 2.92. The van der Waals surface area contributed by atoms with E-state index in [0.29, 0.717) is 12.8 Å². The quantitative estimate of drug-likeness (QED) is 0.528. The van der Waals surface area contributed by atoms with Crippen molar-refractivity contribution in [1.82, 2.24) is 5.32 Å². The van der Waals surface area contributed by atoms with Gasteiger partial charge in [0.2, 0.25) is 5.91 Å². The zero-order valence-corrected chi connectivity index (χ0v) is 15.4. The predicted molar refractivity (Wildman–Crippen MR) is 93.6 cm³/mol. The molecule has 3 nitrogen and oxygen atoms in total. The Balaban J connectivity index is -0.000000739. The van der Waals surface area contributed by atoms with E-state index in [1.165, 1.54) is 12.8 Å². The molecule has 128 valence electrons. The smallest absolute Gasteiger partial charge is 0.219 e. The molecule has 0 aromatic heterocycles. The Labute approximate surface area is 133 Å². The first-order valence-corrected chi connectivity index (χ1v) is 8.93. The molecule has 1 amide bonds. The summed E-state index contributed by atoms with van der Waals surface area (Å²) >= 11 is 0. The molecule has 21 heavy (non-hydrogen) atoms. The van der Waals surface area contributed by atoms with Crippen molar-refractivity contribution in [3.63, 3.8) is 0 Å². The topological polar surface area (TPSA) is 46.2 Å². The number of rotatable bonds is 11. The number of carbonyl (C=O) groups excluding carboxylic acids is 2. The van der Waals surface area contributed by atoms with E-state index >= 15 is 0 Å². The maximum atomic E-state index is 11.4. The van der Waals surface area contributed by atoms with Crippen LogP contribution in [0.4, 0.5) is 0 Å². The molecule has 0 radical (unpaired) electrons. The third-order valence-electron chi connectivity index (χ3n) is 2.79. The van der Waals surface area contributed by atoms with Gasteiger partial charge in [0.1, 0.15) is 5.78 Å². The van der Waals surface area contributed by atoms with E-state index in [2.05, 4.69) is 12.2 Å². The van der Waals surface area contributed by atoms with Gasteiger partial charge < -0.3 is 10.1 Å². The molecule has 0 bridgehead atoms. The van der Waals surface area contributed by atoms with Crippen molar-refractivity contribution >= 4 is 11.7 Å². The van der Waals surface area contributed by atoms with Crippen LogP contribution in [0.2, 0.25) is 0 Å². The van der Waals surface area contributed by atoms with Gasteiger partial charge in [-0.25, -0.2) is 0 Å². The highest BCUT2D eigenvalue weighted by molar-refractivity contribution is 5.75. The number of ketones is 1. The van der Waals surface area contributed by atoms with E-state index in [4.69, 9.17) is 0 Å². The number of hydrogen-bond acceptors (Lipinski definition) is 2. The molecule has 0 saturated heterocycles. The summed E-state index contributed by atoms with van der Waals surface area (Å²) in [6, 6.07) is 0. The number of nitrogens with one attached hydrogen (secondary N) is 1. The molecule has 0 aromatic rings. The molecule has 0 heterocycles. The Hall–Kier alpha value is -0.860. The predicted octanol–water partition coefficient (Wildman–Crippen LogP) is 5.27. The van der Waals surface area contributed by atoms with Crippen LogP contribution in [0.25, 0.3) is 0 Å². The Kier molecular flexibility index (Phi) is 28.9. The molecular formula is C18H39NO2. The highest BCUT2D eigenvalue weighted by Gasteiger charge is 2.00. The minimum absolute atomic E-state index is 0.174. The lowest BCUT2D eigenvalue weighted by Crippen LogP contribution is -2.23. The van der Waals surface area contributed by atoms with Crippen molar-refractivity contribution in [3.8, 4) is 0 Å². The minimum Gasteiger partial charge on any atom is -0.356 e. The second-order valence-electron chi connectivity index (χ2n) is 4.67. The van der Waals surface area contributed by atoms with Crippen LogP contribution < -0.4 is 5.32 Å². The zero-order chi connectivity index (χ0) is 16.9. The summed E-state index contributed by atoms with van der Waals surface area (Å²) in [6.45, 7) is 12.5. The van der Waals surface area contributed by atoms with Crippen molar-refractivity contribution in [2.75, 3.05) is 6.54 Å². The molecular weight excluding hydrogens is 262 g/mol. The van der Waals surface area contributed by atoms with Gasteiger partial charge in [0.05, 0.1) is 0 Å². The molecule has 0 fully saturated rings. The van der Waals surface area contributed by atoms with Crippen LogP contribution in [0.15, 0.2) is 0 Å². The molecule has 0 saturated carbocycles. The molecule has 0 aliphatic carbocycles. The van der Waals surface area contributed by atoms with Crippen molar-refractivity contribution in [2.24, 2.45) is 0 Å². The highest BCUT2D eigenvalue weighted by atomic mass is 16.1. The second-order valence-corrected chi connectivity index (χ2v) is 4.67. The highest BCUT2D eigenvalue weighted by Crippen LogP contribution is 2.02. The summed E-state index contributed by atoms with van der Waals surface area (Å²) in [6.07, 6.45) is 8.87. The maximum absolute atomic E-state index is 11.4. The summed E-state index contributed by atoms with van der Waals surface area (Å²) in [7, 11) is 0. The van der Waals surface area contributed by atoms with E-state index in [1.807, 2.05) is 27.7 Å². The third-order valence-corrected chi connectivity index (χ3v) is 2.79. The third kappa shape index (κ3) is 28.1. The first-order valence-electron chi connectivity index (χ1n) is 8.93. The average molecular weight is 302 g/mol. The van der Waals surface area contributed by atoms with Gasteiger partial charge >= 0.3 is 0 Å². The van der Waals surface area contributed by atoms with Gasteiger partial charge in [-0.1, -0.05) is 60.3 Å². The van der Waals surface area contributed by atoms with Crippen LogP contribution in [-0.2, 0) is 9.59 Å². The number of carbonyl (C=O) groups is 2. The molecule has 0 unspecified atom stereocenters. The van der Waals surface area contributed by atoms with E-state index in [-0.39, 0.29) is 11.7 Å². The van der Waals surface area contributed by atoms with Gasteiger partial charge in [0.15, 0.2) is 0 Å². The van der Waals surface area contributed by atoms with Gasteiger partial charge in [-0.05, 0) is 26.2 Å². The van der Waals surface area contributed by atoms with Crippen LogP contribution in [-0.4, -0.2) is 18.2 Å². The van der Waals surface area contributed by atoms with Gasteiger partial charge in [-0.3, -0.25) is 4.79 Å². The van der Waals surface area contributed by atoms with E-state index in [0.717, 1.165) is 38.6 Å². The fourth-order valence-corrected chi connectivity index (χ4v) is 1.70. The fourth-order valence-electron chi connectivity index (χ4n) is 1.70. The molecule has 3 heteroatoms. The van der Waals surface area contributed by atoms with E-state index in [1.54, 1.807) is 6.92 Å². The summed E-state index contributed by atoms with van der Waals surface area (Å²) in [5.74, 6) is 0.428. The van der Waals surface area contributed by atoms with Crippen LogP contribution in [0.5, 0.6) is 0 Å². The molecule has 0 atom stereocenters. The van der Waals surface area contributed by atoms with Crippen molar-refractivity contribution in [2.45, 2.75) is 99.3 Å². The zero-order valence-electron chi connectivity index (χ0n) is 15.4. The van der Waals surface area contributed by atoms with Crippen molar-refractivity contribution < 1.29 is 9.59 Å². The Morgan fingerprint density at radius 2 is 1.29 bits per heavy atom. The van der Waals surface area contributed by atoms with Gasteiger partial charge in [-0.2, -0.15) is 0 Å². The largest absolute Gasteiger partial charge is 0.356 e. The average Bonchev–Trinajstić information content (AvgIpc) is 2.51. The number of Topliss-reactive ketones (excluding diaryl/α,β-unsaturated/α-hetero) is 1. The number of hydrogen-bond donors (Lipinski definition) is 1. The van der Waals surface area contributed by atoms with Crippen LogP contribution in [0.3, 0.4) is 0 Å². The fraction of sp³-hybridized carbons (Fsp3) is 0.889. The van der Waals surface area contributed by atoms with Gasteiger partial charge in [0, 0.05) is 19.4 Å². The van der Waals surface area contributed by atoms with Gasteiger partial charge in [-0.15, -0.1) is 0 Å². The normalized spacial score (nSPS) is 8.86. The Morgan fingerprint density at radius 3 is 1.81 bits per heavy atom. The Morgan fingerprint density at radius 1 is 0.762 bits per heavy atom. The standard InChI is InChI=1S/C14H27NO2.2C2H6/c1-3-4-5-8-11-14(17)15-12-9-6-7-10-13(2)16;2*1-2/h3-12H2,1-2H3,(H,15,17);2*1-2H3. The van der Waals surface area contributed by atoms with Gasteiger partial charge in [0.25, 0.3) is 0 Å². The van der Waals surface area contributed by atoms with Crippen LogP contribution in [0, 0.1) is 0 Å². The second kappa shape index (κ2) is 24.2. The molecule has 0 rings (SSSR count). The lowest BCUT2D eigenvalue weighted by molar-refractivity contribution is -0.121. The van der Waals surface area contributed by atoms with Crippen LogP contribution >= 0.6 is 0 Å². The van der Waals surface area contributed by atoms with Crippen LogP contribution in [0.1, 0.15) is 99.3 Å². The van der Waals surface area contributed by atoms with E-state index in [9.17, 15) is 9.59 Å².